The van der Waals surface area contributed by atoms with Gasteiger partial charge in [-0.15, -0.1) is 0 Å². The number of halogens is 3. The Hall–Kier alpha value is -1.07. The lowest BCUT2D eigenvalue weighted by molar-refractivity contribution is 0.0410. The molecule has 17 heavy (non-hydrogen) atoms. The lowest BCUT2D eigenvalue weighted by Gasteiger charge is -2.21. The first-order chi connectivity index (χ1) is 8.02. The molecule has 1 aliphatic heterocycles. The van der Waals surface area contributed by atoms with Crippen LogP contribution in [0.25, 0.3) is 0 Å². The maximum Gasteiger partial charge on any atom is 0.194 e. The molecule has 1 heterocycles. The summed E-state index contributed by atoms with van der Waals surface area (Å²) in [5, 5.41) is 9.98. The van der Waals surface area contributed by atoms with Gasteiger partial charge in [0.1, 0.15) is 0 Å². The molecule has 0 aromatic heterocycles. The third-order valence-electron chi connectivity index (χ3n) is 3.22. The van der Waals surface area contributed by atoms with Crippen LogP contribution in [0.1, 0.15) is 25.0 Å². The van der Waals surface area contributed by atoms with Gasteiger partial charge < -0.3 is 9.84 Å². The van der Waals surface area contributed by atoms with E-state index in [4.69, 9.17) is 4.74 Å². The molecule has 3 unspecified atom stereocenters. The molecule has 1 aromatic rings. The fourth-order valence-corrected chi connectivity index (χ4v) is 2.16. The van der Waals surface area contributed by atoms with E-state index in [2.05, 4.69) is 0 Å². The summed E-state index contributed by atoms with van der Waals surface area (Å²) in [4.78, 5) is 0. The van der Waals surface area contributed by atoms with Gasteiger partial charge in [0.15, 0.2) is 17.5 Å². The van der Waals surface area contributed by atoms with Crippen LogP contribution in [-0.4, -0.2) is 17.8 Å². The van der Waals surface area contributed by atoms with Crippen LogP contribution in [0.4, 0.5) is 13.2 Å². The summed E-state index contributed by atoms with van der Waals surface area (Å²) in [7, 11) is 0. The largest absolute Gasteiger partial charge is 0.388 e. The highest BCUT2D eigenvalue weighted by molar-refractivity contribution is 5.23. The first-order valence-corrected chi connectivity index (χ1v) is 5.45. The van der Waals surface area contributed by atoms with Crippen molar-refractivity contribution in [3.63, 3.8) is 0 Å². The van der Waals surface area contributed by atoms with E-state index >= 15 is 0 Å². The van der Waals surface area contributed by atoms with Crippen LogP contribution in [0.3, 0.4) is 0 Å². The van der Waals surface area contributed by atoms with Crippen molar-refractivity contribution in [2.45, 2.75) is 25.6 Å². The fourth-order valence-electron chi connectivity index (χ4n) is 2.16. The van der Waals surface area contributed by atoms with Gasteiger partial charge in [-0.25, -0.2) is 13.2 Å². The van der Waals surface area contributed by atoms with E-state index in [1.54, 1.807) is 6.92 Å². The summed E-state index contributed by atoms with van der Waals surface area (Å²) in [5.41, 5.74) is -0.216. The van der Waals surface area contributed by atoms with Gasteiger partial charge in [-0.1, -0.05) is 6.07 Å². The van der Waals surface area contributed by atoms with Gasteiger partial charge in [-0.2, -0.15) is 0 Å². The molecule has 1 aliphatic rings. The lowest BCUT2D eigenvalue weighted by atomic mass is 9.90. The zero-order chi connectivity index (χ0) is 12.6. The lowest BCUT2D eigenvalue weighted by Crippen LogP contribution is -2.21. The minimum Gasteiger partial charge on any atom is -0.388 e. The highest BCUT2D eigenvalue weighted by Gasteiger charge is 2.33. The summed E-state index contributed by atoms with van der Waals surface area (Å²) < 4.78 is 44.5. The molecule has 1 fully saturated rings. The number of benzene rings is 1. The normalized spacial score (nSPS) is 26.2. The van der Waals surface area contributed by atoms with Crippen LogP contribution >= 0.6 is 0 Å². The molecule has 0 radical (unpaired) electrons. The van der Waals surface area contributed by atoms with Gasteiger partial charge in [0, 0.05) is 18.1 Å². The van der Waals surface area contributed by atoms with E-state index in [-0.39, 0.29) is 17.6 Å². The third-order valence-corrected chi connectivity index (χ3v) is 3.22. The zero-order valence-electron chi connectivity index (χ0n) is 9.29. The van der Waals surface area contributed by atoms with Crippen LogP contribution in [0.15, 0.2) is 12.1 Å². The van der Waals surface area contributed by atoms with E-state index in [0.29, 0.717) is 13.0 Å². The number of aliphatic hydroxyl groups excluding tert-OH is 1. The van der Waals surface area contributed by atoms with Crippen molar-refractivity contribution in [3.8, 4) is 0 Å². The minimum absolute atomic E-state index is 0.216. The molecule has 3 atom stereocenters. The molecule has 0 spiro atoms. The Morgan fingerprint density at radius 1 is 1.29 bits per heavy atom. The Bertz CT molecular complexity index is 422. The van der Waals surface area contributed by atoms with Crippen LogP contribution in [0.2, 0.25) is 0 Å². The molecule has 1 N–H and O–H groups in total. The zero-order valence-corrected chi connectivity index (χ0v) is 9.29. The SMILES string of the molecule is CC1OCCC1C(O)c1ccc(F)c(F)c1F. The van der Waals surface area contributed by atoms with E-state index in [1.807, 2.05) is 0 Å². The van der Waals surface area contributed by atoms with Crippen molar-refractivity contribution in [1.29, 1.82) is 0 Å². The van der Waals surface area contributed by atoms with Gasteiger partial charge >= 0.3 is 0 Å². The second-order valence-electron chi connectivity index (χ2n) is 4.24. The first kappa shape index (κ1) is 12.4. The van der Waals surface area contributed by atoms with Gasteiger partial charge in [-0.05, 0) is 19.4 Å². The Labute approximate surface area is 97.0 Å². The second kappa shape index (κ2) is 4.66. The molecule has 2 nitrogen and oxygen atoms in total. The molecule has 2 rings (SSSR count). The van der Waals surface area contributed by atoms with Gasteiger partial charge in [0.05, 0.1) is 12.2 Å². The van der Waals surface area contributed by atoms with E-state index in [9.17, 15) is 18.3 Å². The van der Waals surface area contributed by atoms with Gasteiger partial charge in [0.2, 0.25) is 0 Å². The summed E-state index contributed by atoms with van der Waals surface area (Å²) >= 11 is 0. The minimum atomic E-state index is -1.55. The quantitative estimate of drug-likeness (QED) is 0.813. The molecule has 1 aromatic carbocycles. The third kappa shape index (κ3) is 2.17. The number of hydrogen-bond donors (Lipinski definition) is 1. The van der Waals surface area contributed by atoms with Crippen molar-refractivity contribution in [2.75, 3.05) is 6.61 Å². The molecule has 0 bridgehead atoms. The first-order valence-electron chi connectivity index (χ1n) is 5.45. The van der Waals surface area contributed by atoms with Crippen LogP contribution in [0, 0.1) is 23.4 Å². The molecule has 0 aliphatic carbocycles. The predicted molar refractivity (Wildman–Crippen MR) is 54.8 cm³/mol. The van der Waals surface area contributed by atoms with Crippen molar-refractivity contribution in [1.82, 2.24) is 0 Å². The van der Waals surface area contributed by atoms with Crippen LogP contribution in [-0.2, 0) is 4.74 Å². The summed E-state index contributed by atoms with van der Waals surface area (Å²) in [6.07, 6.45) is -0.832. The average molecular weight is 246 g/mol. The number of hydrogen-bond acceptors (Lipinski definition) is 2. The fraction of sp³-hybridized carbons (Fsp3) is 0.500. The average Bonchev–Trinajstić information content (AvgIpc) is 2.72. The number of rotatable bonds is 2. The van der Waals surface area contributed by atoms with Crippen LogP contribution in [0.5, 0.6) is 0 Å². The predicted octanol–water partition coefficient (Wildman–Crippen LogP) is 2.56. The topological polar surface area (TPSA) is 29.5 Å². The molecule has 0 saturated carbocycles. The Morgan fingerprint density at radius 2 is 2.00 bits per heavy atom. The molecule has 0 amide bonds. The van der Waals surface area contributed by atoms with Crippen molar-refractivity contribution < 1.29 is 23.0 Å². The molecular formula is C12H13F3O2. The molecule has 94 valence electrons. The van der Waals surface area contributed by atoms with Crippen LogP contribution < -0.4 is 0 Å². The molecule has 5 heteroatoms. The standard InChI is InChI=1S/C12H13F3O2/c1-6-7(4-5-17-6)12(16)8-2-3-9(13)11(15)10(8)14/h2-3,6-7,12,16H,4-5H2,1H3. The summed E-state index contributed by atoms with van der Waals surface area (Å²) in [5.74, 6) is -4.42. The highest BCUT2D eigenvalue weighted by Crippen LogP contribution is 2.34. The second-order valence-corrected chi connectivity index (χ2v) is 4.24. The number of aliphatic hydroxyl groups is 1. The van der Waals surface area contributed by atoms with E-state index in [0.717, 1.165) is 12.1 Å². The maximum absolute atomic E-state index is 13.5. The Kier molecular flexibility index (Phi) is 3.40. The Balaban J connectivity index is 2.31. The smallest absolute Gasteiger partial charge is 0.194 e. The summed E-state index contributed by atoms with van der Waals surface area (Å²) in [6.45, 7) is 2.24. The van der Waals surface area contributed by atoms with Crippen molar-refractivity contribution in [3.05, 3.63) is 35.1 Å². The highest BCUT2D eigenvalue weighted by atomic mass is 19.2. The van der Waals surface area contributed by atoms with E-state index < -0.39 is 23.6 Å². The number of ether oxygens (including phenoxy) is 1. The van der Waals surface area contributed by atoms with Gasteiger partial charge in [0.25, 0.3) is 0 Å². The maximum atomic E-state index is 13.5. The summed E-state index contributed by atoms with van der Waals surface area (Å²) in [6, 6.07) is 1.89. The van der Waals surface area contributed by atoms with Crippen molar-refractivity contribution in [2.24, 2.45) is 5.92 Å². The van der Waals surface area contributed by atoms with E-state index in [1.165, 1.54) is 0 Å². The van der Waals surface area contributed by atoms with Gasteiger partial charge in [-0.3, -0.25) is 0 Å². The molecular weight excluding hydrogens is 233 g/mol. The monoisotopic (exact) mass is 246 g/mol. The molecule has 1 saturated heterocycles. The van der Waals surface area contributed by atoms with Crippen molar-refractivity contribution >= 4 is 0 Å². The Morgan fingerprint density at radius 3 is 2.59 bits per heavy atom.